The Labute approximate surface area is 210 Å². The Kier molecular flexibility index (Phi) is 8.11. The van der Waals surface area contributed by atoms with Crippen LogP contribution < -0.4 is 20.3 Å². The van der Waals surface area contributed by atoms with Gasteiger partial charge in [0.2, 0.25) is 5.91 Å². The number of carbonyl (C=O) groups is 2. The van der Waals surface area contributed by atoms with E-state index in [2.05, 4.69) is 15.5 Å². The molecule has 4 rings (SSSR count). The number of benzene rings is 3. The average Bonchev–Trinajstić information content (AvgIpc) is 2.87. The molecule has 8 heteroatoms. The van der Waals surface area contributed by atoms with Gasteiger partial charge >= 0.3 is 6.03 Å². The van der Waals surface area contributed by atoms with Crippen LogP contribution in [0.2, 0.25) is 5.02 Å². The molecule has 0 radical (unpaired) electrons. The SMILES string of the molecule is Cc1cccc(Cl)c1NC(=O)N1CCN(c2ccc(NC(=O)CCOc3ccccc3)cc2)CC1. The van der Waals surface area contributed by atoms with Crippen LogP contribution in [0.4, 0.5) is 21.9 Å². The molecule has 0 bridgehead atoms. The van der Waals surface area contributed by atoms with E-state index in [1.807, 2.05) is 73.7 Å². The maximum atomic E-state index is 12.7. The van der Waals surface area contributed by atoms with E-state index < -0.39 is 0 Å². The minimum absolute atomic E-state index is 0.0953. The summed E-state index contributed by atoms with van der Waals surface area (Å²) in [7, 11) is 0. The maximum Gasteiger partial charge on any atom is 0.322 e. The van der Waals surface area contributed by atoms with Crippen molar-refractivity contribution in [2.75, 3.05) is 48.3 Å². The third kappa shape index (κ3) is 6.67. The predicted octanol–water partition coefficient (Wildman–Crippen LogP) is 5.41. The second-order valence-corrected chi connectivity index (χ2v) is 8.75. The molecule has 0 aliphatic carbocycles. The van der Waals surface area contributed by atoms with Crippen molar-refractivity contribution in [2.45, 2.75) is 13.3 Å². The Morgan fingerprint density at radius 2 is 1.60 bits per heavy atom. The minimum atomic E-state index is -0.143. The minimum Gasteiger partial charge on any atom is -0.493 e. The van der Waals surface area contributed by atoms with E-state index >= 15 is 0 Å². The van der Waals surface area contributed by atoms with E-state index in [0.717, 1.165) is 35.8 Å². The fraction of sp³-hybridized carbons (Fsp3) is 0.259. The molecule has 35 heavy (non-hydrogen) atoms. The molecule has 182 valence electrons. The van der Waals surface area contributed by atoms with Crippen molar-refractivity contribution in [2.24, 2.45) is 0 Å². The van der Waals surface area contributed by atoms with Crippen LogP contribution in [0.25, 0.3) is 0 Å². The van der Waals surface area contributed by atoms with Gasteiger partial charge in [-0.3, -0.25) is 4.79 Å². The highest BCUT2D eigenvalue weighted by Crippen LogP contribution is 2.26. The Bertz CT molecular complexity index is 1130. The molecule has 0 saturated carbocycles. The number of amides is 3. The largest absolute Gasteiger partial charge is 0.493 e. The number of aryl methyl sites for hydroxylation is 1. The number of ether oxygens (including phenoxy) is 1. The average molecular weight is 493 g/mol. The fourth-order valence-electron chi connectivity index (χ4n) is 3.90. The molecule has 3 amide bonds. The number of hydrogen-bond donors (Lipinski definition) is 2. The van der Waals surface area contributed by atoms with Crippen LogP contribution in [0.15, 0.2) is 72.8 Å². The lowest BCUT2D eigenvalue weighted by Crippen LogP contribution is -2.50. The molecular weight excluding hydrogens is 464 g/mol. The number of hydrogen-bond acceptors (Lipinski definition) is 4. The van der Waals surface area contributed by atoms with Gasteiger partial charge in [-0.25, -0.2) is 4.79 Å². The van der Waals surface area contributed by atoms with Gasteiger partial charge in [-0.2, -0.15) is 0 Å². The lowest BCUT2D eigenvalue weighted by Gasteiger charge is -2.36. The number of piperazine rings is 1. The van der Waals surface area contributed by atoms with Crippen LogP contribution in [-0.4, -0.2) is 49.6 Å². The van der Waals surface area contributed by atoms with Gasteiger partial charge in [-0.05, 0) is 55.0 Å². The Balaban J connectivity index is 1.22. The van der Waals surface area contributed by atoms with Gasteiger partial charge in [0, 0.05) is 37.6 Å². The highest BCUT2D eigenvalue weighted by molar-refractivity contribution is 6.33. The molecule has 1 aliphatic heterocycles. The summed E-state index contributed by atoms with van der Waals surface area (Å²) in [6.07, 6.45) is 0.272. The van der Waals surface area contributed by atoms with Gasteiger partial charge in [0.05, 0.1) is 23.7 Å². The number of nitrogens with one attached hydrogen (secondary N) is 2. The Morgan fingerprint density at radius 1 is 0.886 bits per heavy atom. The molecule has 2 N–H and O–H groups in total. The first-order valence-corrected chi connectivity index (χ1v) is 12.0. The van der Waals surface area contributed by atoms with E-state index in [1.165, 1.54) is 0 Å². The summed E-state index contributed by atoms with van der Waals surface area (Å²) in [6.45, 7) is 4.89. The van der Waals surface area contributed by atoms with Crippen LogP contribution in [0, 0.1) is 6.92 Å². The number of para-hydroxylation sites is 2. The standard InChI is InChI=1S/C27H29ClN4O3/c1-20-6-5-9-24(28)26(20)30-27(34)32-17-15-31(16-18-32)22-12-10-21(11-13-22)29-25(33)14-19-35-23-7-3-2-4-8-23/h2-13H,14-19H2,1H3,(H,29,33)(H,30,34). The fourth-order valence-corrected chi connectivity index (χ4v) is 4.17. The van der Waals surface area contributed by atoms with Crippen LogP contribution in [0.3, 0.4) is 0 Å². The second kappa shape index (κ2) is 11.6. The molecule has 0 unspecified atom stereocenters. The molecule has 0 spiro atoms. The molecule has 1 aliphatic rings. The van der Waals surface area contributed by atoms with Crippen molar-refractivity contribution in [3.63, 3.8) is 0 Å². The second-order valence-electron chi connectivity index (χ2n) is 8.34. The number of halogens is 1. The molecule has 1 fully saturated rings. The van der Waals surface area contributed by atoms with Crippen molar-refractivity contribution in [1.82, 2.24) is 4.90 Å². The summed E-state index contributed by atoms with van der Waals surface area (Å²) in [5.41, 5.74) is 3.38. The summed E-state index contributed by atoms with van der Waals surface area (Å²) in [6, 6.07) is 22.6. The van der Waals surface area contributed by atoms with E-state index in [-0.39, 0.29) is 18.4 Å². The summed E-state index contributed by atoms with van der Waals surface area (Å²) >= 11 is 6.24. The normalized spacial score (nSPS) is 13.3. The van der Waals surface area contributed by atoms with E-state index in [1.54, 1.807) is 11.0 Å². The molecule has 3 aromatic carbocycles. The Morgan fingerprint density at radius 3 is 2.29 bits per heavy atom. The predicted molar refractivity (Wildman–Crippen MR) is 141 cm³/mol. The molecular formula is C27H29ClN4O3. The Hall–Kier alpha value is -3.71. The van der Waals surface area contributed by atoms with Gasteiger partial charge in [0.25, 0.3) is 0 Å². The number of rotatable bonds is 7. The third-order valence-electron chi connectivity index (χ3n) is 5.88. The molecule has 0 atom stereocenters. The highest BCUT2D eigenvalue weighted by atomic mass is 35.5. The summed E-state index contributed by atoms with van der Waals surface area (Å²) in [5.74, 6) is 0.656. The van der Waals surface area contributed by atoms with Crippen molar-refractivity contribution < 1.29 is 14.3 Å². The van der Waals surface area contributed by atoms with E-state index in [9.17, 15) is 9.59 Å². The smallest absolute Gasteiger partial charge is 0.322 e. The highest BCUT2D eigenvalue weighted by Gasteiger charge is 2.22. The van der Waals surface area contributed by atoms with Crippen molar-refractivity contribution in [3.05, 3.63) is 83.4 Å². The zero-order valence-electron chi connectivity index (χ0n) is 19.7. The van der Waals surface area contributed by atoms with Gasteiger partial charge in [0.15, 0.2) is 0 Å². The lowest BCUT2D eigenvalue weighted by molar-refractivity contribution is -0.116. The van der Waals surface area contributed by atoms with Crippen molar-refractivity contribution in [3.8, 4) is 5.75 Å². The zero-order chi connectivity index (χ0) is 24.6. The van der Waals surface area contributed by atoms with Crippen molar-refractivity contribution in [1.29, 1.82) is 0 Å². The number of anilines is 3. The van der Waals surface area contributed by atoms with Crippen LogP contribution >= 0.6 is 11.6 Å². The van der Waals surface area contributed by atoms with Crippen LogP contribution in [0.1, 0.15) is 12.0 Å². The lowest BCUT2D eigenvalue weighted by atomic mass is 10.2. The quantitative estimate of drug-likeness (QED) is 0.462. The van der Waals surface area contributed by atoms with Crippen molar-refractivity contribution >= 4 is 40.6 Å². The number of nitrogens with zero attached hydrogens (tertiary/aromatic N) is 2. The maximum absolute atomic E-state index is 12.7. The number of carbonyl (C=O) groups excluding carboxylic acids is 2. The molecule has 0 aromatic heterocycles. The first kappa shape index (κ1) is 24.4. The molecule has 3 aromatic rings. The molecule has 1 saturated heterocycles. The third-order valence-corrected chi connectivity index (χ3v) is 6.19. The first-order chi connectivity index (χ1) is 17.0. The number of urea groups is 1. The molecule has 1 heterocycles. The van der Waals surface area contributed by atoms with E-state index in [0.29, 0.717) is 30.4 Å². The summed E-state index contributed by atoms with van der Waals surface area (Å²) < 4.78 is 5.58. The first-order valence-electron chi connectivity index (χ1n) is 11.6. The topological polar surface area (TPSA) is 73.9 Å². The van der Waals surface area contributed by atoms with E-state index in [4.69, 9.17) is 16.3 Å². The van der Waals surface area contributed by atoms with Crippen LogP contribution in [-0.2, 0) is 4.79 Å². The molecule has 7 nitrogen and oxygen atoms in total. The van der Waals surface area contributed by atoms with Gasteiger partial charge in [0.1, 0.15) is 5.75 Å². The van der Waals surface area contributed by atoms with Gasteiger partial charge in [-0.1, -0.05) is 41.9 Å². The zero-order valence-corrected chi connectivity index (χ0v) is 20.4. The van der Waals surface area contributed by atoms with Gasteiger partial charge < -0.3 is 25.2 Å². The summed E-state index contributed by atoms with van der Waals surface area (Å²) in [5, 5.41) is 6.38. The summed E-state index contributed by atoms with van der Waals surface area (Å²) in [4.78, 5) is 28.9. The van der Waals surface area contributed by atoms with Crippen LogP contribution in [0.5, 0.6) is 5.75 Å². The van der Waals surface area contributed by atoms with Gasteiger partial charge in [-0.15, -0.1) is 0 Å². The monoisotopic (exact) mass is 492 g/mol.